The highest BCUT2D eigenvalue weighted by atomic mass is 16.5. The van der Waals surface area contributed by atoms with E-state index in [1.165, 1.54) is 19.3 Å². The number of rotatable bonds is 2. The van der Waals surface area contributed by atoms with Gasteiger partial charge >= 0.3 is 11.8 Å². The van der Waals surface area contributed by atoms with Gasteiger partial charge in [-0.05, 0) is 37.5 Å². The molecule has 1 amide bonds. The van der Waals surface area contributed by atoms with E-state index in [4.69, 9.17) is 4.52 Å². The molecule has 0 N–H and O–H groups in total. The number of carbonyl (C=O) groups is 1. The highest BCUT2D eigenvalue weighted by Gasteiger charge is 2.34. The Hall–Kier alpha value is -1.39. The van der Waals surface area contributed by atoms with E-state index in [9.17, 15) is 4.79 Å². The first kappa shape index (κ1) is 12.4. The number of likely N-dealkylation sites (tertiary alicyclic amines) is 1. The molecule has 2 saturated carbocycles. The Balaban J connectivity index is 1.44. The van der Waals surface area contributed by atoms with Crippen molar-refractivity contribution in [3.8, 4) is 0 Å². The van der Waals surface area contributed by atoms with Crippen molar-refractivity contribution < 1.29 is 9.32 Å². The average molecular weight is 275 g/mol. The van der Waals surface area contributed by atoms with Gasteiger partial charge in [0.25, 0.3) is 0 Å². The normalized spacial score (nSPS) is 30.1. The van der Waals surface area contributed by atoms with Crippen molar-refractivity contribution in [2.24, 2.45) is 11.8 Å². The molecular formula is C15H21N3O2. The molecule has 3 fully saturated rings. The SMILES string of the molecule is O=C(c1nc(C2CC2)no1)N1CCC2CCCC2CC1. The number of fused-ring (bicyclic) bond motifs is 1. The van der Waals surface area contributed by atoms with Crippen molar-refractivity contribution in [2.45, 2.75) is 50.9 Å². The minimum absolute atomic E-state index is 0.0654. The predicted octanol–water partition coefficient (Wildman–Crippen LogP) is 2.60. The lowest BCUT2D eigenvalue weighted by Crippen LogP contribution is -2.32. The van der Waals surface area contributed by atoms with Gasteiger partial charge in [0.1, 0.15) is 0 Å². The van der Waals surface area contributed by atoms with Crippen LogP contribution >= 0.6 is 0 Å². The van der Waals surface area contributed by atoms with E-state index >= 15 is 0 Å². The fourth-order valence-corrected chi connectivity index (χ4v) is 3.80. The van der Waals surface area contributed by atoms with Crippen LogP contribution in [0.4, 0.5) is 0 Å². The van der Waals surface area contributed by atoms with E-state index in [2.05, 4.69) is 10.1 Å². The smallest absolute Gasteiger partial charge is 0.316 e. The average Bonchev–Trinajstić information content (AvgIpc) is 3.09. The number of nitrogens with zero attached hydrogens (tertiary/aromatic N) is 3. The van der Waals surface area contributed by atoms with E-state index in [1.54, 1.807) is 0 Å². The lowest BCUT2D eigenvalue weighted by Gasteiger charge is -2.18. The van der Waals surface area contributed by atoms with Crippen molar-refractivity contribution in [2.75, 3.05) is 13.1 Å². The first-order valence-electron chi connectivity index (χ1n) is 7.94. The molecule has 3 aliphatic rings. The zero-order chi connectivity index (χ0) is 13.5. The van der Waals surface area contributed by atoms with Crippen molar-refractivity contribution in [3.63, 3.8) is 0 Å². The molecule has 20 heavy (non-hydrogen) atoms. The number of aromatic nitrogens is 2. The van der Waals surface area contributed by atoms with Crippen LogP contribution in [-0.2, 0) is 0 Å². The second kappa shape index (κ2) is 4.86. The molecule has 0 radical (unpaired) electrons. The van der Waals surface area contributed by atoms with E-state index in [-0.39, 0.29) is 11.8 Å². The summed E-state index contributed by atoms with van der Waals surface area (Å²) in [6.07, 6.45) is 8.59. The third kappa shape index (κ3) is 2.23. The molecule has 4 rings (SSSR count). The fraction of sp³-hybridized carbons (Fsp3) is 0.800. The maximum absolute atomic E-state index is 12.5. The second-order valence-corrected chi connectivity index (χ2v) is 6.55. The summed E-state index contributed by atoms with van der Waals surface area (Å²) in [6, 6.07) is 0. The third-order valence-corrected chi connectivity index (χ3v) is 5.21. The summed E-state index contributed by atoms with van der Waals surface area (Å²) in [7, 11) is 0. The molecule has 2 unspecified atom stereocenters. The minimum Gasteiger partial charge on any atom is -0.334 e. The van der Waals surface area contributed by atoms with Crippen molar-refractivity contribution in [1.82, 2.24) is 15.0 Å². The lowest BCUT2D eigenvalue weighted by molar-refractivity contribution is 0.0708. The van der Waals surface area contributed by atoms with E-state index in [1.807, 2.05) is 4.90 Å². The van der Waals surface area contributed by atoms with Gasteiger partial charge in [-0.1, -0.05) is 24.4 Å². The quantitative estimate of drug-likeness (QED) is 0.832. The summed E-state index contributed by atoms with van der Waals surface area (Å²) >= 11 is 0. The third-order valence-electron chi connectivity index (χ3n) is 5.21. The Labute approximate surface area is 118 Å². The van der Waals surface area contributed by atoms with Gasteiger partial charge in [0.2, 0.25) is 0 Å². The van der Waals surface area contributed by atoms with E-state index in [0.29, 0.717) is 5.92 Å². The maximum atomic E-state index is 12.5. The van der Waals surface area contributed by atoms with Crippen molar-refractivity contribution >= 4 is 5.91 Å². The van der Waals surface area contributed by atoms with Gasteiger partial charge in [-0.25, -0.2) is 0 Å². The summed E-state index contributed by atoms with van der Waals surface area (Å²) in [6.45, 7) is 1.70. The van der Waals surface area contributed by atoms with Crippen LogP contribution < -0.4 is 0 Å². The van der Waals surface area contributed by atoms with Gasteiger partial charge in [0.05, 0.1) is 0 Å². The predicted molar refractivity (Wildman–Crippen MR) is 72.2 cm³/mol. The molecule has 108 valence electrons. The molecule has 0 aromatic carbocycles. The Kier molecular flexibility index (Phi) is 3.00. The van der Waals surface area contributed by atoms with Crippen molar-refractivity contribution in [1.29, 1.82) is 0 Å². The van der Waals surface area contributed by atoms with Gasteiger partial charge in [0.15, 0.2) is 5.82 Å². The fourth-order valence-electron chi connectivity index (χ4n) is 3.80. The van der Waals surface area contributed by atoms with Crippen LogP contribution in [0.3, 0.4) is 0 Å². The molecule has 2 heterocycles. The Bertz CT molecular complexity index is 495. The number of amides is 1. The van der Waals surface area contributed by atoms with Crippen LogP contribution in [0.15, 0.2) is 4.52 Å². The van der Waals surface area contributed by atoms with Crippen molar-refractivity contribution in [3.05, 3.63) is 11.7 Å². The summed E-state index contributed by atoms with van der Waals surface area (Å²) in [4.78, 5) is 18.7. The first-order valence-corrected chi connectivity index (χ1v) is 7.94. The first-order chi connectivity index (χ1) is 9.81. The molecule has 1 aromatic heterocycles. The molecule has 5 nitrogen and oxygen atoms in total. The van der Waals surface area contributed by atoms with E-state index in [0.717, 1.165) is 56.4 Å². The number of hydrogen-bond donors (Lipinski definition) is 0. The molecular weight excluding hydrogens is 254 g/mol. The van der Waals surface area contributed by atoms with Gasteiger partial charge in [-0.15, -0.1) is 0 Å². The molecule has 1 aliphatic heterocycles. The lowest BCUT2D eigenvalue weighted by atomic mass is 9.92. The summed E-state index contributed by atoms with van der Waals surface area (Å²) in [5, 5.41) is 3.94. The zero-order valence-electron chi connectivity index (χ0n) is 11.8. The Morgan fingerprint density at radius 1 is 1.05 bits per heavy atom. The monoisotopic (exact) mass is 275 g/mol. The van der Waals surface area contributed by atoms with Gasteiger partial charge < -0.3 is 9.42 Å². The maximum Gasteiger partial charge on any atom is 0.316 e. The van der Waals surface area contributed by atoms with Crippen LogP contribution in [0.25, 0.3) is 0 Å². The summed E-state index contributed by atoms with van der Waals surface area (Å²) in [5.74, 6) is 2.95. The zero-order valence-corrected chi connectivity index (χ0v) is 11.8. The highest BCUT2D eigenvalue weighted by molar-refractivity contribution is 5.89. The Morgan fingerprint density at radius 2 is 1.75 bits per heavy atom. The molecule has 1 aromatic rings. The van der Waals surface area contributed by atoms with Crippen LogP contribution in [0.5, 0.6) is 0 Å². The Morgan fingerprint density at radius 3 is 2.40 bits per heavy atom. The van der Waals surface area contributed by atoms with Gasteiger partial charge in [-0.2, -0.15) is 4.98 Å². The van der Waals surface area contributed by atoms with Gasteiger partial charge in [-0.3, -0.25) is 4.79 Å². The molecule has 1 saturated heterocycles. The second-order valence-electron chi connectivity index (χ2n) is 6.55. The number of carbonyl (C=O) groups excluding carboxylic acids is 1. The summed E-state index contributed by atoms with van der Waals surface area (Å²) < 4.78 is 5.16. The van der Waals surface area contributed by atoms with Gasteiger partial charge in [0, 0.05) is 19.0 Å². The summed E-state index contributed by atoms with van der Waals surface area (Å²) in [5.41, 5.74) is 0. The molecule has 0 spiro atoms. The minimum atomic E-state index is -0.0654. The van der Waals surface area contributed by atoms with Crippen LogP contribution in [-0.4, -0.2) is 34.0 Å². The van der Waals surface area contributed by atoms with Crippen LogP contribution in [0.1, 0.15) is 67.4 Å². The molecule has 2 aliphatic carbocycles. The van der Waals surface area contributed by atoms with Crippen LogP contribution in [0.2, 0.25) is 0 Å². The van der Waals surface area contributed by atoms with Crippen LogP contribution in [0, 0.1) is 11.8 Å². The largest absolute Gasteiger partial charge is 0.334 e. The topological polar surface area (TPSA) is 59.2 Å². The molecule has 2 atom stereocenters. The molecule has 0 bridgehead atoms. The number of hydrogen-bond acceptors (Lipinski definition) is 4. The van der Waals surface area contributed by atoms with E-state index < -0.39 is 0 Å². The highest BCUT2D eigenvalue weighted by Crippen LogP contribution is 2.39. The standard InChI is InChI=1S/C15H21N3O2/c19-15(14-16-13(17-20-14)12-4-5-12)18-8-6-10-2-1-3-11(10)7-9-18/h10-12H,1-9H2. The molecule has 5 heteroatoms.